The first-order valence-corrected chi connectivity index (χ1v) is 11.4. The van der Waals surface area contributed by atoms with E-state index in [2.05, 4.69) is 4.98 Å². The van der Waals surface area contributed by atoms with Crippen molar-refractivity contribution in [3.8, 4) is 17.0 Å². The Morgan fingerprint density at radius 3 is 2.76 bits per heavy atom. The summed E-state index contributed by atoms with van der Waals surface area (Å²) in [7, 11) is 1.77. The molecule has 2 amide bonds. The molecule has 1 aromatic carbocycles. The summed E-state index contributed by atoms with van der Waals surface area (Å²) in [6.45, 7) is 4.31. The number of aromatic nitrogens is 1. The number of hydrogen-bond donors (Lipinski definition) is 1. The van der Waals surface area contributed by atoms with Crippen molar-refractivity contribution in [3.63, 3.8) is 0 Å². The molecule has 1 aromatic heterocycles. The highest BCUT2D eigenvalue weighted by atomic mass is 19.1. The van der Waals surface area contributed by atoms with Crippen LogP contribution >= 0.6 is 0 Å². The van der Waals surface area contributed by atoms with Crippen LogP contribution in [0.4, 0.5) is 4.39 Å². The van der Waals surface area contributed by atoms with E-state index >= 15 is 0 Å². The van der Waals surface area contributed by atoms with Gasteiger partial charge in [-0.2, -0.15) is 0 Å². The van der Waals surface area contributed by atoms with Crippen LogP contribution in [-0.2, 0) is 4.79 Å². The number of likely N-dealkylation sites (N-methyl/N-ethyl adjacent to an activating group) is 1. The van der Waals surface area contributed by atoms with Crippen LogP contribution < -0.4 is 4.74 Å². The molecule has 3 atom stereocenters. The maximum Gasteiger partial charge on any atom is 0.259 e. The number of ether oxygens (including phenoxy) is 1. The summed E-state index contributed by atoms with van der Waals surface area (Å²) in [4.78, 5) is 33.7. The zero-order valence-corrected chi connectivity index (χ0v) is 19.2. The lowest BCUT2D eigenvalue weighted by atomic mass is 9.99. The lowest BCUT2D eigenvalue weighted by Gasteiger charge is -2.37. The lowest BCUT2D eigenvalue weighted by Crippen LogP contribution is -2.50. The molecule has 1 N–H and O–H groups in total. The van der Waals surface area contributed by atoms with Gasteiger partial charge < -0.3 is 19.6 Å². The van der Waals surface area contributed by atoms with Gasteiger partial charge in [0.05, 0.1) is 19.2 Å². The average Bonchev–Trinajstić information content (AvgIpc) is 3.65. The van der Waals surface area contributed by atoms with Crippen molar-refractivity contribution in [1.29, 1.82) is 0 Å². The summed E-state index contributed by atoms with van der Waals surface area (Å²) in [5, 5.41) is 9.78. The van der Waals surface area contributed by atoms with Gasteiger partial charge in [-0.25, -0.2) is 9.37 Å². The molecule has 2 heterocycles. The number of rotatable bonds is 6. The van der Waals surface area contributed by atoms with Gasteiger partial charge in [-0.3, -0.25) is 9.59 Å². The van der Waals surface area contributed by atoms with Crippen molar-refractivity contribution in [2.45, 2.75) is 38.8 Å². The Kier molecular flexibility index (Phi) is 6.65. The minimum absolute atomic E-state index is 0.102. The monoisotopic (exact) mass is 455 g/mol. The number of aliphatic hydroxyl groups excluding tert-OH is 1. The number of aliphatic hydroxyl groups is 1. The van der Waals surface area contributed by atoms with Crippen molar-refractivity contribution >= 4 is 11.8 Å². The molecule has 1 fully saturated rings. The Balaban J connectivity index is 1.70. The molecule has 2 aromatic rings. The molecule has 0 spiro atoms. The Morgan fingerprint density at radius 2 is 2.09 bits per heavy atom. The number of fused-ring (bicyclic) bond motifs is 1. The second kappa shape index (κ2) is 9.47. The summed E-state index contributed by atoms with van der Waals surface area (Å²) in [5.41, 5.74) is 1.44. The van der Waals surface area contributed by atoms with E-state index in [-0.39, 0.29) is 53.6 Å². The van der Waals surface area contributed by atoms with E-state index in [1.54, 1.807) is 48.2 Å². The summed E-state index contributed by atoms with van der Waals surface area (Å²) >= 11 is 0. The van der Waals surface area contributed by atoms with Crippen molar-refractivity contribution in [1.82, 2.24) is 14.8 Å². The third kappa shape index (κ3) is 5.00. The largest absolute Gasteiger partial charge is 0.472 e. The summed E-state index contributed by atoms with van der Waals surface area (Å²) in [6, 6.07) is 7.34. The number of carbonyl (C=O) groups excluding carboxylic acids is 2. The molecular weight excluding hydrogens is 425 g/mol. The van der Waals surface area contributed by atoms with Gasteiger partial charge in [0, 0.05) is 37.2 Å². The number of halogens is 1. The van der Waals surface area contributed by atoms with Crippen molar-refractivity contribution in [2.75, 3.05) is 26.7 Å². The van der Waals surface area contributed by atoms with Crippen LogP contribution in [0.2, 0.25) is 0 Å². The molecule has 8 heteroatoms. The van der Waals surface area contributed by atoms with Gasteiger partial charge >= 0.3 is 0 Å². The topological polar surface area (TPSA) is 83.0 Å². The van der Waals surface area contributed by atoms with Gasteiger partial charge in [0.25, 0.3) is 5.91 Å². The summed E-state index contributed by atoms with van der Waals surface area (Å²) in [5.74, 6) is -0.390. The average molecular weight is 456 g/mol. The molecule has 0 saturated heterocycles. The molecule has 33 heavy (non-hydrogen) atoms. The van der Waals surface area contributed by atoms with E-state index in [9.17, 15) is 19.1 Å². The van der Waals surface area contributed by atoms with Crippen LogP contribution in [0.3, 0.4) is 0 Å². The van der Waals surface area contributed by atoms with Crippen LogP contribution in [0.25, 0.3) is 11.1 Å². The Morgan fingerprint density at radius 1 is 1.33 bits per heavy atom. The SMILES string of the molecule is C[C@@H]1CN([C@@H](C)CO)C(=O)c2cc(-c3cccc(F)c3)cnc2O[C@@H]1CN(C)C(=O)C1CC1. The zero-order valence-electron chi connectivity index (χ0n) is 19.2. The molecule has 1 aliphatic carbocycles. The molecule has 0 unspecified atom stereocenters. The summed E-state index contributed by atoms with van der Waals surface area (Å²) in [6.07, 6.45) is 3.02. The maximum atomic E-state index is 13.8. The predicted molar refractivity (Wildman–Crippen MR) is 121 cm³/mol. The fraction of sp³-hybridized carbons (Fsp3) is 0.480. The van der Waals surface area contributed by atoms with E-state index in [1.807, 2.05) is 6.92 Å². The number of carbonyl (C=O) groups is 2. The van der Waals surface area contributed by atoms with Gasteiger partial charge in [0.15, 0.2) is 0 Å². The Labute approximate surface area is 193 Å². The van der Waals surface area contributed by atoms with Gasteiger partial charge in [-0.05, 0) is 43.5 Å². The van der Waals surface area contributed by atoms with Crippen molar-refractivity contribution < 1.29 is 23.8 Å². The van der Waals surface area contributed by atoms with Crippen LogP contribution in [0, 0.1) is 17.7 Å². The number of amides is 2. The van der Waals surface area contributed by atoms with Gasteiger partial charge in [0.1, 0.15) is 17.5 Å². The second-order valence-corrected chi connectivity index (χ2v) is 9.20. The van der Waals surface area contributed by atoms with Crippen LogP contribution in [0.15, 0.2) is 36.5 Å². The number of nitrogens with zero attached hydrogens (tertiary/aromatic N) is 3. The molecule has 176 valence electrons. The normalized spacial score (nSPS) is 21.5. The first kappa shape index (κ1) is 23.2. The smallest absolute Gasteiger partial charge is 0.259 e. The van der Waals surface area contributed by atoms with Crippen molar-refractivity contribution in [3.05, 3.63) is 47.9 Å². The Hall–Kier alpha value is -3.00. The van der Waals surface area contributed by atoms with Crippen LogP contribution in [-0.4, -0.2) is 70.6 Å². The third-order valence-corrected chi connectivity index (χ3v) is 6.44. The molecule has 1 aliphatic heterocycles. The molecular formula is C25H30FN3O4. The quantitative estimate of drug-likeness (QED) is 0.724. The van der Waals surface area contributed by atoms with E-state index in [1.165, 1.54) is 12.1 Å². The van der Waals surface area contributed by atoms with Crippen LogP contribution in [0.1, 0.15) is 37.0 Å². The van der Waals surface area contributed by atoms with E-state index in [0.717, 1.165) is 12.8 Å². The fourth-order valence-electron chi connectivity index (χ4n) is 4.15. The highest BCUT2D eigenvalue weighted by molar-refractivity contribution is 5.98. The standard InChI is InChI=1S/C25H30FN3O4/c1-15-12-29(16(2)14-30)25(32)21-10-19(18-5-4-6-20(26)9-18)11-27-23(21)33-22(15)13-28(3)24(31)17-7-8-17/h4-6,9-11,15-17,22,30H,7-8,12-14H2,1-3H3/t15-,16+,22-/m1/s1. The van der Waals surface area contributed by atoms with Crippen molar-refractivity contribution in [2.24, 2.45) is 11.8 Å². The number of pyridine rings is 1. The molecule has 0 radical (unpaired) electrons. The molecule has 0 bridgehead atoms. The summed E-state index contributed by atoms with van der Waals surface area (Å²) < 4.78 is 20.0. The molecule has 4 rings (SSSR count). The third-order valence-electron chi connectivity index (χ3n) is 6.44. The molecule has 2 aliphatic rings. The van der Waals surface area contributed by atoms with Gasteiger partial charge in [-0.1, -0.05) is 19.1 Å². The highest BCUT2D eigenvalue weighted by Gasteiger charge is 2.37. The second-order valence-electron chi connectivity index (χ2n) is 9.20. The molecule has 1 saturated carbocycles. The first-order chi connectivity index (χ1) is 15.8. The minimum Gasteiger partial charge on any atom is -0.472 e. The number of benzene rings is 1. The molecule has 7 nitrogen and oxygen atoms in total. The van der Waals surface area contributed by atoms with Crippen LogP contribution in [0.5, 0.6) is 5.88 Å². The lowest BCUT2D eigenvalue weighted by molar-refractivity contribution is -0.132. The van der Waals surface area contributed by atoms with E-state index in [0.29, 0.717) is 24.2 Å². The fourth-order valence-corrected chi connectivity index (χ4v) is 4.15. The zero-order chi connectivity index (χ0) is 23.7. The van der Waals surface area contributed by atoms with Gasteiger partial charge in [-0.15, -0.1) is 0 Å². The van der Waals surface area contributed by atoms with Gasteiger partial charge in [0.2, 0.25) is 11.8 Å². The van der Waals surface area contributed by atoms with E-state index in [4.69, 9.17) is 4.74 Å². The number of hydrogen-bond acceptors (Lipinski definition) is 5. The highest BCUT2D eigenvalue weighted by Crippen LogP contribution is 2.33. The first-order valence-electron chi connectivity index (χ1n) is 11.4. The Bertz CT molecular complexity index is 1040. The predicted octanol–water partition coefficient (Wildman–Crippen LogP) is 2.98. The van der Waals surface area contributed by atoms with E-state index < -0.39 is 6.04 Å². The maximum absolute atomic E-state index is 13.8. The minimum atomic E-state index is -0.407.